The lowest BCUT2D eigenvalue weighted by Gasteiger charge is -2.41. The number of allylic oxidation sites excluding steroid dienone is 1. The molecule has 4 rings (SSSR count). The molecule has 1 saturated heterocycles. The molecular weight excluding hydrogens is 425 g/mol. The van der Waals surface area contributed by atoms with Gasteiger partial charge in [-0.25, -0.2) is 0 Å². The van der Waals surface area contributed by atoms with Crippen LogP contribution in [0.3, 0.4) is 0 Å². The highest BCUT2D eigenvalue weighted by Crippen LogP contribution is 2.57. The summed E-state index contributed by atoms with van der Waals surface area (Å²) in [5.41, 5.74) is 0.751. The average Bonchev–Trinajstić information content (AvgIpc) is 3.15. The number of hydrogen-bond donors (Lipinski definition) is 0. The molecule has 3 atom stereocenters. The molecule has 1 spiro atoms. The first-order valence-corrected chi connectivity index (χ1v) is 9.38. The third-order valence-corrected chi connectivity index (χ3v) is 7.03. The first-order chi connectivity index (χ1) is 10.9. The molecule has 1 aromatic heterocycles. The highest BCUT2D eigenvalue weighted by molar-refractivity contribution is 14.1. The van der Waals surface area contributed by atoms with E-state index in [9.17, 15) is 14.4 Å². The second-order valence-electron chi connectivity index (χ2n) is 6.31. The van der Waals surface area contributed by atoms with Gasteiger partial charge in [-0.05, 0) is 52.6 Å². The molecule has 0 unspecified atom stereocenters. The van der Waals surface area contributed by atoms with Crippen LogP contribution < -0.4 is 0 Å². The molecule has 1 aliphatic carbocycles. The van der Waals surface area contributed by atoms with E-state index in [1.807, 2.05) is 30.5 Å². The van der Waals surface area contributed by atoms with E-state index in [1.165, 1.54) is 0 Å². The lowest BCUT2D eigenvalue weighted by molar-refractivity contribution is -0.129. The van der Waals surface area contributed by atoms with E-state index in [0.717, 1.165) is 10.5 Å². The van der Waals surface area contributed by atoms with Gasteiger partial charge in [0.15, 0.2) is 11.6 Å². The number of thiophene rings is 1. The smallest absolute Gasteiger partial charge is 0.261 e. The molecule has 118 valence electrons. The monoisotopic (exact) mass is 439 g/mol. The zero-order chi connectivity index (χ0) is 16.5. The Morgan fingerprint density at radius 1 is 1.35 bits per heavy atom. The zero-order valence-electron chi connectivity index (χ0n) is 12.6. The van der Waals surface area contributed by atoms with Gasteiger partial charge in [0.1, 0.15) is 5.54 Å². The van der Waals surface area contributed by atoms with Crippen molar-refractivity contribution in [1.29, 1.82) is 0 Å². The second kappa shape index (κ2) is 4.86. The molecule has 0 saturated carbocycles. The van der Waals surface area contributed by atoms with Crippen LogP contribution in [0.2, 0.25) is 0 Å². The molecule has 1 fully saturated rings. The molecule has 6 heteroatoms. The van der Waals surface area contributed by atoms with Crippen molar-refractivity contribution < 1.29 is 14.4 Å². The Balaban J connectivity index is 2.06. The van der Waals surface area contributed by atoms with E-state index in [-0.39, 0.29) is 24.0 Å². The van der Waals surface area contributed by atoms with Gasteiger partial charge < -0.3 is 4.90 Å². The Kier molecular flexibility index (Phi) is 3.22. The van der Waals surface area contributed by atoms with E-state index in [4.69, 9.17) is 0 Å². The van der Waals surface area contributed by atoms with Crippen LogP contribution in [0.1, 0.15) is 18.7 Å². The Labute approximate surface area is 151 Å². The number of Topliss-reactive ketones (excluding diaryl/α,β-unsaturated/α-hetero) is 2. The minimum Gasteiger partial charge on any atom is -0.317 e. The molecule has 0 bridgehead atoms. The summed E-state index contributed by atoms with van der Waals surface area (Å²) in [7, 11) is 0. The molecule has 23 heavy (non-hydrogen) atoms. The number of hydrogen-bond acceptors (Lipinski definition) is 4. The fourth-order valence-electron chi connectivity index (χ4n) is 4.27. The summed E-state index contributed by atoms with van der Waals surface area (Å²) in [6, 6.07) is 3.93. The van der Waals surface area contributed by atoms with Gasteiger partial charge in [-0.15, -0.1) is 11.3 Å². The van der Waals surface area contributed by atoms with Gasteiger partial charge in [-0.2, -0.15) is 0 Å². The number of rotatable bonds is 1. The fourth-order valence-corrected chi connectivity index (χ4v) is 6.31. The van der Waals surface area contributed by atoms with E-state index >= 15 is 0 Å². The average molecular weight is 439 g/mol. The standard InChI is InChI=1S/C17H14INO3S/c1-8-6-17-12(9(2)15(8)21)10(20)7-19(17)16(22)14(18)13(17)11-4-3-5-23-11/h3-6,9,12H,7H2,1-2H3/t9-,12+,17+/m1/s1. The quantitative estimate of drug-likeness (QED) is 0.633. The van der Waals surface area contributed by atoms with Gasteiger partial charge >= 0.3 is 0 Å². The van der Waals surface area contributed by atoms with Crippen LogP contribution >= 0.6 is 33.9 Å². The molecule has 4 nitrogen and oxygen atoms in total. The maximum absolute atomic E-state index is 12.8. The molecule has 3 aliphatic rings. The minimum atomic E-state index is -0.785. The first kappa shape index (κ1) is 15.3. The highest BCUT2D eigenvalue weighted by atomic mass is 127. The largest absolute Gasteiger partial charge is 0.317 e. The van der Waals surface area contributed by atoms with Crippen molar-refractivity contribution in [2.24, 2.45) is 11.8 Å². The van der Waals surface area contributed by atoms with Crippen molar-refractivity contribution >= 4 is 57.0 Å². The normalized spacial score (nSPS) is 33.3. The topological polar surface area (TPSA) is 54.5 Å². The summed E-state index contributed by atoms with van der Waals surface area (Å²) in [4.78, 5) is 40.5. The molecule has 3 heterocycles. The maximum Gasteiger partial charge on any atom is 0.261 e. The first-order valence-electron chi connectivity index (χ1n) is 7.42. The van der Waals surface area contributed by atoms with Gasteiger partial charge in [0.2, 0.25) is 0 Å². The molecule has 2 aliphatic heterocycles. The number of amides is 1. The Morgan fingerprint density at radius 2 is 2.09 bits per heavy atom. The second-order valence-corrected chi connectivity index (χ2v) is 8.33. The molecular formula is C17H14INO3S. The van der Waals surface area contributed by atoms with Crippen molar-refractivity contribution in [1.82, 2.24) is 4.90 Å². The molecule has 0 radical (unpaired) electrons. The summed E-state index contributed by atoms with van der Waals surface area (Å²) in [6.07, 6.45) is 1.86. The van der Waals surface area contributed by atoms with Crippen molar-refractivity contribution in [3.8, 4) is 0 Å². The minimum absolute atomic E-state index is 0.00992. The summed E-state index contributed by atoms with van der Waals surface area (Å²) in [6.45, 7) is 3.69. The van der Waals surface area contributed by atoms with Crippen LogP contribution in [0.4, 0.5) is 0 Å². The highest BCUT2D eigenvalue weighted by Gasteiger charge is 2.65. The lowest BCUT2D eigenvalue weighted by atomic mass is 9.66. The Hall–Kier alpha value is -1.28. The zero-order valence-corrected chi connectivity index (χ0v) is 15.6. The van der Waals surface area contributed by atoms with Gasteiger partial charge in [-0.3, -0.25) is 14.4 Å². The van der Waals surface area contributed by atoms with Crippen LogP contribution in [-0.2, 0) is 14.4 Å². The van der Waals surface area contributed by atoms with E-state index in [1.54, 1.807) is 23.2 Å². The SMILES string of the molecule is CC1=C[C@]23C(c4cccs4)=C(I)C(=O)N2CC(=O)[C@@H]3[C@@H](C)C1=O. The molecule has 1 aromatic rings. The molecule has 0 aromatic carbocycles. The van der Waals surface area contributed by atoms with E-state index in [0.29, 0.717) is 9.15 Å². The van der Waals surface area contributed by atoms with Crippen molar-refractivity contribution in [3.63, 3.8) is 0 Å². The number of nitrogens with zero attached hydrogens (tertiary/aromatic N) is 1. The fraction of sp³-hybridized carbons (Fsp3) is 0.353. The van der Waals surface area contributed by atoms with E-state index < -0.39 is 17.4 Å². The predicted molar refractivity (Wildman–Crippen MR) is 96.1 cm³/mol. The van der Waals surface area contributed by atoms with E-state index in [2.05, 4.69) is 22.6 Å². The third kappa shape index (κ3) is 1.73. The number of carbonyl (C=O) groups excluding carboxylic acids is 3. The summed E-state index contributed by atoms with van der Waals surface area (Å²) >= 11 is 3.65. The Bertz CT molecular complexity index is 823. The number of halogens is 1. The molecule has 0 N–H and O–H groups in total. The van der Waals surface area contributed by atoms with Crippen LogP contribution in [-0.4, -0.2) is 34.5 Å². The van der Waals surface area contributed by atoms with Gasteiger partial charge in [0, 0.05) is 16.4 Å². The van der Waals surface area contributed by atoms with Crippen LogP contribution in [0.5, 0.6) is 0 Å². The predicted octanol–water partition coefficient (Wildman–Crippen LogP) is 2.84. The number of carbonyl (C=O) groups is 3. The summed E-state index contributed by atoms with van der Waals surface area (Å²) in [5.74, 6) is -0.985. The lowest BCUT2D eigenvalue weighted by Crippen LogP contribution is -2.51. The van der Waals surface area contributed by atoms with Crippen molar-refractivity contribution in [2.45, 2.75) is 19.4 Å². The van der Waals surface area contributed by atoms with Gasteiger partial charge in [0.05, 0.1) is 16.0 Å². The van der Waals surface area contributed by atoms with Crippen molar-refractivity contribution in [3.05, 3.63) is 37.6 Å². The third-order valence-electron chi connectivity index (χ3n) is 5.14. The van der Waals surface area contributed by atoms with Gasteiger partial charge in [0.25, 0.3) is 5.91 Å². The summed E-state index contributed by atoms with van der Waals surface area (Å²) < 4.78 is 0.660. The van der Waals surface area contributed by atoms with Gasteiger partial charge in [-0.1, -0.05) is 13.0 Å². The maximum atomic E-state index is 12.8. The molecule has 1 amide bonds. The van der Waals surface area contributed by atoms with Crippen LogP contribution in [0.25, 0.3) is 5.57 Å². The number of ketones is 2. The Morgan fingerprint density at radius 3 is 2.74 bits per heavy atom. The van der Waals surface area contributed by atoms with Crippen molar-refractivity contribution in [2.75, 3.05) is 6.54 Å². The van der Waals surface area contributed by atoms with Crippen LogP contribution in [0, 0.1) is 11.8 Å². The summed E-state index contributed by atoms with van der Waals surface area (Å²) in [5, 5.41) is 1.97. The van der Waals surface area contributed by atoms with Crippen LogP contribution in [0.15, 0.2) is 32.7 Å².